The molecule has 0 amide bonds. The Hall–Kier alpha value is -1.09. The van der Waals surface area contributed by atoms with E-state index in [2.05, 4.69) is 29.5 Å². The maximum atomic E-state index is 6.36. The van der Waals surface area contributed by atoms with Crippen LogP contribution in [0.4, 0.5) is 0 Å². The number of fused-ring (bicyclic) bond motifs is 1. The first-order valence-corrected chi connectivity index (χ1v) is 7.98. The molecule has 1 aliphatic rings. The molecule has 0 radical (unpaired) electrons. The molecule has 2 heterocycles. The van der Waals surface area contributed by atoms with E-state index in [1.807, 2.05) is 13.1 Å². The lowest BCUT2D eigenvalue weighted by atomic mass is 9.87. The van der Waals surface area contributed by atoms with Crippen molar-refractivity contribution in [1.82, 2.24) is 14.5 Å². The number of alkyl halides is 1. The van der Waals surface area contributed by atoms with E-state index in [0.29, 0.717) is 6.04 Å². The van der Waals surface area contributed by atoms with E-state index in [0.717, 1.165) is 28.5 Å². The molecule has 0 aliphatic heterocycles. The molecule has 1 aliphatic carbocycles. The molecule has 1 unspecified atom stereocenters. The minimum Gasteiger partial charge on any atom is -0.308 e. The SMILES string of the molecule is Cc1cnc2c(c1)nc(C(C)Cl)n2C1CCC(C)CC1. The standard InChI is InChI=1S/C16H22ClN3/c1-10-4-6-13(7-5-10)20-15(12(3)17)19-14-8-11(2)9-18-16(14)20/h8-10,12-13H,4-7H2,1-3H3. The van der Waals surface area contributed by atoms with Crippen molar-refractivity contribution in [3.05, 3.63) is 23.7 Å². The molecule has 0 bridgehead atoms. The molecule has 0 spiro atoms. The van der Waals surface area contributed by atoms with Gasteiger partial charge in [0.2, 0.25) is 0 Å². The van der Waals surface area contributed by atoms with Gasteiger partial charge in [-0.15, -0.1) is 11.6 Å². The Morgan fingerprint density at radius 3 is 2.65 bits per heavy atom. The fourth-order valence-corrected chi connectivity index (χ4v) is 3.40. The third kappa shape index (κ3) is 2.44. The third-order valence-corrected chi connectivity index (χ3v) is 4.60. The highest BCUT2D eigenvalue weighted by Gasteiger charge is 2.26. The van der Waals surface area contributed by atoms with E-state index in [9.17, 15) is 0 Å². The summed E-state index contributed by atoms with van der Waals surface area (Å²) in [6.45, 7) is 6.39. The van der Waals surface area contributed by atoms with E-state index in [-0.39, 0.29) is 5.38 Å². The molecule has 3 rings (SSSR count). The number of hydrogen-bond donors (Lipinski definition) is 0. The summed E-state index contributed by atoms with van der Waals surface area (Å²) in [5.41, 5.74) is 3.12. The predicted molar refractivity (Wildman–Crippen MR) is 83.2 cm³/mol. The van der Waals surface area contributed by atoms with Crippen LogP contribution in [0.3, 0.4) is 0 Å². The van der Waals surface area contributed by atoms with Crippen molar-refractivity contribution in [3.63, 3.8) is 0 Å². The number of halogens is 1. The molecule has 108 valence electrons. The lowest BCUT2D eigenvalue weighted by Gasteiger charge is -2.29. The zero-order valence-electron chi connectivity index (χ0n) is 12.4. The summed E-state index contributed by atoms with van der Waals surface area (Å²) in [5.74, 6) is 1.81. The Labute approximate surface area is 125 Å². The number of imidazole rings is 1. The second kappa shape index (κ2) is 5.36. The average Bonchev–Trinajstić information content (AvgIpc) is 2.78. The van der Waals surface area contributed by atoms with Crippen molar-refractivity contribution in [1.29, 1.82) is 0 Å². The fourth-order valence-electron chi connectivity index (χ4n) is 3.24. The van der Waals surface area contributed by atoms with Crippen molar-refractivity contribution in [2.24, 2.45) is 5.92 Å². The van der Waals surface area contributed by atoms with Gasteiger partial charge in [-0.3, -0.25) is 0 Å². The van der Waals surface area contributed by atoms with Crippen LogP contribution in [0.25, 0.3) is 11.2 Å². The molecule has 20 heavy (non-hydrogen) atoms. The molecule has 4 heteroatoms. The van der Waals surface area contributed by atoms with Crippen LogP contribution in [0.5, 0.6) is 0 Å². The van der Waals surface area contributed by atoms with Crippen LogP contribution in [0, 0.1) is 12.8 Å². The Kier molecular flexibility index (Phi) is 3.72. The van der Waals surface area contributed by atoms with E-state index in [4.69, 9.17) is 16.6 Å². The molecule has 3 nitrogen and oxygen atoms in total. The summed E-state index contributed by atoms with van der Waals surface area (Å²) in [6, 6.07) is 2.61. The Morgan fingerprint density at radius 2 is 2.00 bits per heavy atom. The highest BCUT2D eigenvalue weighted by Crippen LogP contribution is 2.36. The Morgan fingerprint density at radius 1 is 1.30 bits per heavy atom. The second-order valence-corrected chi connectivity index (χ2v) is 6.88. The van der Waals surface area contributed by atoms with E-state index in [1.54, 1.807) is 0 Å². The first-order chi connectivity index (χ1) is 9.56. The van der Waals surface area contributed by atoms with Crippen molar-refractivity contribution < 1.29 is 0 Å². The molecule has 2 aromatic heterocycles. The van der Waals surface area contributed by atoms with Crippen molar-refractivity contribution >= 4 is 22.8 Å². The van der Waals surface area contributed by atoms with Crippen LogP contribution in [-0.2, 0) is 0 Å². The highest BCUT2D eigenvalue weighted by atomic mass is 35.5. The quantitative estimate of drug-likeness (QED) is 0.745. The number of nitrogens with zero attached hydrogens (tertiary/aromatic N) is 3. The molecule has 0 saturated heterocycles. The molecular formula is C16H22ClN3. The summed E-state index contributed by atoms with van der Waals surface area (Å²) in [7, 11) is 0. The van der Waals surface area contributed by atoms with Gasteiger partial charge in [-0.05, 0) is 57.1 Å². The van der Waals surface area contributed by atoms with Crippen molar-refractivity contribution in [3.8, 4) is 0 Å². The zero-order chi connectivity index (χ0) is 14.3. The van der Waals surface area contributed by atoms with Crippen LogP contribution in [-0.4, -0.2) is 14.5 Å². The molecular weight excluding hydrogens is 270 g/mol. The van der Waals surface area contributed by atoms with Gasteiger partial charge in [0, 0.05) is 12.2 Å². The molecule has 0 aromatic carbocycles. The average molecular weight is 292 g/mol. The smallest absolute Gasteiger partial charge is 0.160 e. The monoisotopic (exact) mass is 291 g/mol. The van der Waals surface area contributed by atoms with Crippen molar-refractivity contribution in [2.75, 3.05) is 0 Å². The van der Waals surface area contributed by atoms with Gasteiger partial charge in [-0.1, -0.05) is 6.92 Å². The number of aryl methyl sites for hydroxylation is 1. The van der Waals surface area contributed by atoms with E-state index >= 15 is 0 Å². The number of hydrogen-bond acceptors (Lipinski definition) is 2. The summed E-state index contributed by atoms with van der Waals surface area (Å²) >= 11 is 6.36. The highest BCUT2D eigenvalue weighted by molar-refractivity contribution is 6.20. The minimum absolute atomic E-state index is 0.0798. The van der Waals surface area contributed by atoms with Crippen LogP contribution >= 0.6 is 11.6 Å². The molecule has 1 saturated carbocycles. The Bertz CT molecular complexity index is 609. The zero-order valence-corrected chi connectivity index (χ0v) is 13.2. The lowest BCUT2D eigenvalue weighted by Crippen LogP contribution is -2.19. The van der Waals surface area contributed by atoms with E-state index < -0.39 is 0 Å². The van der Waals surface area contributed by atoms with Gasteiger partial charge in [0.05, 0.1) is 5.38 Å². The van der Waals surface area contributed by atoms with Gasteiger partial charge in [0.15, 0.2) is 5.65 Å². The minimum atomic E-state index is -0.0798. The summed E-state index contributed by atoms with van der Waals surface area (Å²) in [5, 5.41) is -0.0798. The topological polar surface area (TPSA) is 30.7 Å². The van der Waals surface area contributed by atoms with Gasteiger partial charge in [0.1, 0.15) is 11.3 Å². The molecule has 1 atom stereocenters. The summed E-state index contributed by atoms with van der Waals surface area (Å²) < 4.78 is 2.30. The molecule has 1 fully saturated rings. The van der Waals surface area contributed by atoms with Crippen molar-refractivity contribution in [2.45, 2.75) is 57.9 Å². The first kappa shape index (κ1) is 13.9. The molecule has 0 N–H and O–H groups in total. The van der Waals surface area contributed by atoms with Gasteiger partial charge in [0.25, 0.3) is 0 Å². The summed E-state index contributed by atoms with van der Waals surface area (Å²) in [4.78, 5) is 9.36. The molecule has 2 aromatic rings. The number of rotatable bonds is 2. The van der Waals surface area contributed by atoms with Gasteiger partial charge >= 0.3 is 0 Å². The third-order valence-electron chi connectivity index (χ3n) is 4.40. The maximum absolute atomic E-state index is 6.36. The largest absolute Gasteiger partial charge is 0.308 e. The maximum Gasteiger partial charge on any atom is 0.160 e. The predicted octanol–water partition coefficient (Wildman–Crippen LogP) is 4.79. The Balaban J connectivity index is 2.09. The van der Waals surface area contributed by atoms with Gasteiger partial charge in [-0.2, -0.15) is 0 Å². The van der Waals surface area contributed by atoms with Gasteiger partial charge in [-0.25, -0.2) is 9.97 Å². The number of aromatic nitrogens is 3. The number of pyridine rings is 1. The normalized spacial score (nSPS) is 25.0. The van der Waals surface area contributed by atoms with Crippen LogP contribution in [0.1, 0.15) is 62.3 Å². The van der Waals surface area contributed by atoms with Gasteiger partial charge < -0.3 is 4.57 Å². The second-order valence-electron chi connectivity index (χ2n) is 6.23. The van der Waals surface area contributed by atoms with E-state index in [1.165, 1.54) is 25.7 Å². The lowest BCUT2D eigenvalue weighted by molar-refractivity contribution is 0.288. The fraction of sp³-hybridized carbons (Fsp3) is 0.625. The van der Waals surface area contributed by atoms with Crippen LogP contribution < -0.4 is 0 Å². The summed E-state index contributed by atoms with van der Waals surface area (Å²) in [6.07, 6.45) is 6.91. The van der Waals surface area contributed by atoms with Crippen LogP contribution in [0.2, 0.25) is 0 Å². The first-order valence-electron chi connectivity index (χ1n) is 7.55. The van der Waals surface area contributed by atoms with Crippen LogP contribution in [0.15, 0.2) is 12.3 Å².